The number of hydrogen-bond acceptors (Lipinski definition) is 6. The summed E-state index contributed by atoms with van der Waals surface area (Å²) in [5, 5.41) is 13.5. The van der Waals surface area contributed by atoms with Crippen molar-refractivity contribution < 1.29 is 28.7 Å². The van der Waals surface area contributed by atoms with Gasteiger partial charge in [0.25, 0.3) is 0 Å². The number of rotatable bonds is 11. The van der Waals surface area contributed by atoms with E-state index in [-0.39, 0.29) is 24.7 Å². The summed E-state index contributed by atoms with van der Waals surface area (Å²) in [6.07, 6.45) is 0.825. The second-order valence-electron chi connectivity index (χ2n) is 10.3. The van der Waals surface area contributed by atoms with Crippen LogP contribution in [0.25, 0.3) is 0 Å². The Hall–Kier alpha value is -3.50. The molecule has 0 saturated heterocycles. The first-order chi connectivity index (χ1) is 16.7. The number of benzene rings is 1. The summed E-state index contributed by atoms with van der Waals surface area (Å²) in [4.78, 5) is 48.6. The van der Waals surface area contributed by atoms with E-state index in [4.69, 9.17) is 9.47 Å². The van der Waals surface area contributed by atoms with Gasteiger partial charge in [0.05, 0.1) is 6.54 Å². The van der Waals surface area contributed by atoms with Crippen LogP contribution in [0, 0.1) is 0 Å². The Labute approximate surface area is 213 Å². The maximum Gasteiger partial charge on any atom is 0.412 e. The van der Waals surface area contributed by atoms with Crippen LogP contribution < -0.4 is 31.3 Å². The maximum absolute atomic E-state index is 12.6. The fraction of sp³-hybridized carbons (Fsp3) is 0.600. The summed E-state index contributed by atoms with van der Waals surface area (Å²) in [7, 11) is 0. The predicted octanol–water partition coefficient (Wildman–Crippen LogP) is 3.05. The third-order valence-electron chi connectivity index (χ3n) is 4.34. The van der Waals surface area contributed by atoms with E-state index >= 15 is 0 Å². The largest absolute Gasteiger partial charge is 0.462 e. The molecule has 0 aromatic heterocycles. The molecule has 0 saturated carbocycles. The molecule has 0 radical (unpaired) electrons. The van der Waals surface area contributed by atoms with Gasteiger partial charge in [0.1, 0.15) is 18.4 Å². The second kappa shape index (κ2) is 14.8. The number of carbonyl (C=O) groups is 4. The van der Waals surface area contributed by atoms with Gasteiger partial charge in [0.2, 0.25) is 0 Å². The number of unbranched alkanes of at least 4 members (excludes halogenated alkanes) is 1. The van der Waals surface area contributed by atoms with Gasteiger partial charge in [-0.05, 0) is 72.9 Å². The minimum atomic E-state index is -0.882. The average molecular weight is 508 g/mol. The molecule has 5 amide bonds. The second-order valence-corrected chi connectivity index (χ2v) is 10.3. The summed E-state index contributed by atoms with van der Waals surface area (Å²) < 4.78 is 10.4. The molecule has 0 aliphatic carbocycles. The summed E-state index contributed by atoms with van der Waals surface area (Å²) in [5.74, 6) is -0.220. The highest BCUT2D eigenvalue weighted by molar-refractivity contribution is 5.83. The van der Waals surface area contributed by atoms with E-state index in [0.717, 1.165) is 0 Å². The van der Waals surface area contributed by atoms with Crippen molar-refractivity contribution in [1.82, 2.24) is 26.6 Å². The van der Waals surface area contributed by atoms with E-state index in [1.165, 1.54) is 0 Å². The third kappa shape index (κ3) is 15.4. The van der Waals surface area contributed by atoms with Gasteiger partial charge in [0, 0.05) is 17.6 Å². The maximum atomic E-state index is 12.6. The van der Waals surface area contributed by atoms with Crippen LogP contribution in [0.5, 0.6) is 5.75 Å². The van der Waals surface area contributed by atoms with Gasteiger partial charge in [-0.2, -0.15) is 0 Å². The van der Waals surface area contributed by atoms with Gasteiger partial charge in [-0.1, -0.05) is 18.2 Å². The fourth-order valence-electron chi connectivity index (χ4n) is 2.88. The van der Waals surface area contributed by atoms with Crippen molar-refractivity contribution in [2.24, 2.45) is 0 Å². The van der Waals surface area contributed by atoms with E-state index in [1.54, 1.807) is 30.3 Å². The summed E-state index contributed by atoms with van der Waals surface area (Å²) in [6.45, 7) is 11.5. The zero-order chi connectivity index (χ0) is 27.2. The molecule has 0 spiro atoms. The SMILES string of the molecule is CC(C)(C)NC(=O)NCCCCC(NC(=O)NC(C)(C)C)C(=O)OCCNC(=O)Oc1ccccc1. The van der Waals surface area contributed by atoms with Crippen LogP contribution in [0.2, 0.25) is 0 Å². The lowest BCUT2D eigenvalue weighted by Crippen LogP contribution is -2.52. The van der Waals surface area contributed by atoms with Crippen molar-refractivity contribution in [2.75, 3.05) is 19.7 Å². The minimum Gasteiger partial charge on any atom is -0.462 e. The van der Waals surface area contributed by atoms with E-state index in [2.05, 4.69) is 26.6 Å². The number of nitrogens with one attached hydrogen (secondary N) is 5. The molecule has 1 atom stereocenters. The lowest BCUT2D eigenvalue weighted by molar-refractivity contribution is -0.145. The molecular weight excluding hydrogens is 466 g/mol. The van der Waals surface area contributed by atoms with Gasteiger partial charge >= 0.3 is 24.1 Å². The molecule has 1 aromatic rings. The van der Waals surface area contributed by atoms with E-state index in [0.29, 0.717) is 31.6 Å². The molecule has 0 bridgehead atoms. The van der Waals surface area contributed by atoms with E-state index < -0.39 is 29.7 Å². The van der Waals surface area contributed by atoms with Gasteiger partial charge in [-0.15, -0.1) is 0 Å². The normalized spacial score (nSPS) is 12.1. The number of carbonyl (C=O) groups excluding carboxylic acids is 4. The van der Waals surface area contributed by atoms with Crippen LogP contribution in [0.4, 0.5) is 14.4 Å². The molecule has 0 heterocycles. The number of ether oxygens (including phenoxy) is 2. The third-order valence-corrected chi connectivity index (χ3v) is 4.34. The lowest BCUT2D eigenvalue weighted by Gasteiger charge is -2.24. The monoisotopic (exact) mass is 507 g/mol. The van der Waals surface area contributed by atoms with E-state index in [1.807, 2.05) is 41.5 Å². The Balaban J connectivity index is 2.47. The molecule has 1 unspecified atom stereocenters. The highest BCUT2D eigenvalue weighted by atomic mass is 16.6. The zero-order valence-corrected chi connectivity index (χ0v) is 22.2. The van der Waals surface area contributed by atoms with Crippen molar-refractivity contribution in [3.05, 3.63) is 30.3 Å². The Bertz CT molecular complexity index is 849. The van der Waals surface area contributed by atoms with Gasteiger partial charge in [0.15, 0.2) is 0 Å². The van der Waals surface area contributed by atoms with Crippen molar-refractivity contribution in [3.63, 3.8) is 0 Å². The highest BCUT2D eigenvalue weighted by Gasteiger charge is 2.24. The molecule has 0 aliphatic rings. The van der Waals surface area contributed by atoms with Crippen LogP contribution in [-0.2, 0) is 9.53 Å². The number of para-hydroxylation sites is 1. The Morgan fingerprint density at radius 1 is 0.806 bits per heavy atom. The first-order valence-electron chi connectivity index (χ1n) is 12.1. The Morgan fingerprint density at radius 2 is 1.42 bits per heavy atom. The Morgan fingerprint density at radius 3 is 2.03 bits per heavy atom. The molecule has 1 rings (SSSR count). The molecule has 11 heteroatoms. The molecule has 0 fully saturated rings. The quantitative estimate of drug-likeness (QED) is 0.230. The van der Waals surface area contributed by atoms with Gasteiger partial charge < -0.3 is 36.1 Å². The average Bonchev–Trinajstić information content (AvgIpc) is 2.73. The summed E-state index contributed by atoms with van der Waals surface area (Å²) in [5.41, 5.74) is -0.817. The number of amides is 5. The molecule has 1 aromatic carbocycles. The van der Waals surface area contributed by atoms with Crippen molar-refractivity contribution >= 4 is 24.1 Å². The standard InChI is InChI=1S/C25H41N5O6/c1-24(2,3)29-21(32)26-15-11-10-14-19(28-22(33)30-25(4,5)6)20(31)35-17-16-27-23(34)36-18-12-8-7-9-13-18/h7-9,12-13,19H,10-11,14-17H2,1-6H3,(H,27,34)(H2,26,29,32)(H2,28,30,33). The van der Waals surface area contributed by atoms with Crippen LogP contribution in [0.1, 0.15) is 60.8 Å². The smallest absolute Gasteiger partial charge is 0.412 e. The number of urea groups is 2. The van der Waals surface area contributed by atoms with Crippen LogP contribution in [0.3, 0.4) is 0 Å². The molecule has 36 heavy (non-hydrogen) atoms. The zero-order valence-electron chi connectivity index (χ0n) is 22.2. The summed E-state index contributed by atoms with van der Waals surface area (Å²) in [6, 6.07) is 6.93. The topological polar surface area (TPSA) is 147 Å². The van der Waals surface area contributed by atoms with Crippen molar-refractivity contribution in [1.29, 1.82) is 0 Å². The molecule has 0 aliphatic heterocycles. The molecule has 11 nitrogen and oxygen atoms in total. The minimum absolute atomic E-state index is 0.0467. The molecule has 5 N–H and O–H groups in total. The van der Waals surface area contributed by atoms with Gasteiger partial charge in [-0.3, -0.25) is 0 Å². The van der Waals surface area contributed by atoms with E-state index in [9.17, 15) is 19.2 Å². The summed E-state index contributed by atoms with van der Waals surface area (Å²) >= 11 is 0. The first kappa shape index (κ1) is 30.5. The van der Waals surface area contributed by atoms with Crippen LogP contribution >= 0.6 is 0 Å². The van der Waals surface area contributed by atoms with Crippen molar-refractivity contribution in [3.8, 4) is 5.75 Å². The lowest BCUT2D eigenvalue weighted by atomic mass is 10.1. The van der Waals surface area contributed by atoms with Crippen molar-refractivity contribution in [2.45, 2.75) is 77.9 Å². The molecule has 202 valence electrons. The van der Waals surface area contributed by atoms with Crippen LogP contribution in [0.15, 0.2) is 30.3 Å². The first-order valence-corrected chi connectivity index (χ1v) is 12.1. The predicted molar refractivity (Wildman–Crippen MR) is 137 cm³/mol. The van der Waals surface area contributed by atoms with Crippen LogP contribution in [-0.4, -0.2) is 60.9 Å². The number of hydrogen-bond donors (Lipinski definition) is 5. The Kier molecular flexibility index (Phi) is 12.5. The molecular formula is C25H41N5O6. The van der Waals surface area contributed by atoms with Gasteiger partial charge in [-0.25, -0.2) is 19.2 Å². The fourth-order valence-corrected chi connectivity index (χ4v) is 2.88. The number of esters is 1. The highest BCUT2D eigenvalue weighted by Crippen LogP contribution is 2.08.